The van der Waals surface area contributed by atoms with Gasteiger partial charge < -0.3 is 5.73 Å². The van der Waals surface area contributed by atoms with Crippen LogP contribution in [0.25, 0.3) is 0 Å². The number of nitrogen functional groups attached to an aromatic ring is 1. The standard InChI is InChI=1S/C10H12N/c11-10-6-5-8-3-1-2-4-9(8)7-10/h5-6H,1-4,11H2. The van der Waals surface area contributed by atoms with Crippen LogP contribution in [0.5, 0.6) is 0 Å². The molecule has 0 aromatic heterocycles. The minimum Gasteiger partial charge on any atom is -0.398 e. The van der Waals surface area contributed by atoms with E-state index in [0.717, 1.165) is 5.69 Å². The Morgan fingerprint density at radius 2 is 2.00 bits per heavy atom. The zero-order valence-corrected chi connectivity index (χ0v) is 6.56. The van der Waals surface area contributed by atoms with E-state index >= 15 is 0 Å². The molecule has 1 heteroatoms. The summed E-state index contributed by atoms with van der Waals surface area (Å²) in [5.41, 5.74) is 9.20. The molecule has 0 saturated heterocycles. The summed E-state index contributed by atoms with van der Waals surface area (Å²) >= 11 is 0. The number of nitrogens with two attached hydrogens (primary N) is 1. The predicted octanol–water partition coefficient (Wildman–Crippen LogP) is 1.95. The zero-order valence-electron chi connectivity index (χ0n) is 6.56. The molecule has 0 saturated carbocycles. The molecule has 0 amide bonds. The monoisotopic (exact) mass is 146 g/mol. The summed E-state index contributed by atoms with van der Waals surface area (Å²) in [6.07, 6.45) is 5.00. The fourth-order valence-electron chi connectivity index (χ4n) is 1.66. The van der Waals surface area contributed by atoms with Gasteiger partial charge in [-0.15, -0.1) is 0 Å². The van der Waals surface area contributed by atoms with Gasteiger partial charge >= 0.3 is 0 Å². The van der Waals surface area contributed by atoms with Crippen LogP contribution in [0.2, 0.25) is 0 Å². The van der Waals surface area contributed by atoms with Gasteiger partial charge in [-0.25, -0.2) is 0 Å². The first-order valence-corrected chi connectivity index (χ1v) is 4.16. The van der Waals surface area contributed by atoms with E-state index in [1.165, 1.54) is 36.8 Å². The highest BCUT2D eigenvalue weighted by atomic mass is 14.5. The minimum absolute atomic E-state index is 0.783. The highest BCUT2D eigenvalue weighted by Gasteiger charge is 2.08. The SMILES string of the molecule is Nc1[c]c2c(cc1)CCCC2. The molecule has 1 aliphatic carbocycles. The molecular weight excluding hydrogens is 134 g/mol. The van der Waals surface area contributed by atoms with Crippen molar-refractivity contribution in [3.8, 4) is 0 Å². The van der Waals surface area contributed by atoms with Gasteiger partial charge in [0.1, 0.15) is 0 Å². The molecule has 2 rings (SSSR count). The molecule has 0 bridgehead atoms. The second kappa shape index (κ2) is 2.57. The Balaban J connectivity index is 2.43. The smallest absolute Gasteiger partial charge is 0.0397 e. The average Bonchev–Trinajstić information content (AvgIpc) is 2.04. The van der Waals surface area contributed by atoms with Crippen molar-refractivity contribution >= 4 is 5.69 Å². The number of aryl methyl sites for hydroxylation is 2. The number of hydrogen-bond donors (Lipinski definition) is 1. The van der Waals surface area contributed by atoms with E-state index in [1.54, 1.807) is 0 Å². The van der Waals surface area contributed by atoms with Crippen LogP contribution >= 0.6 is 0 Å². The lowest BCUT2D eigenvalue weighted by Crippen LogP contribution is -2.03. The molecule has 2 N–H and O–H groups in total. The second-order valence-electron chi connectivity index (χ2n) is 3.12. The highest BCUT2D eigenvalue weighted by molar-refractivity contribution is 5.44. The van der Waals surface area contributed by atoms with Gasteiger partial charge in [0.05, 0.1) is 0 Å². The Morgan fingerprint density at radius 1 is 1.18 bits per heavy atom. The lowest BCUT2D eigenvalue weighted by molar-refractivity contribution is 0.685. The molecule has 1 aliphatic rings. The minimum atomic E-state index is 0.783. The largest absolute Gasteiger partial charge is 0.398 e. The van der Waals surface area contributed by atoms with Gasteiger partial charge in [0.25, 0.3) is 0 Å². The molecule has 0 aliphatic heterocycles. The van der Waals surface area contributed by atoms with Crippen LogP contribution in [0.4, 0.5) is 5.69 Å². The Morgan fingerprint density at radius 3 is 2.91 bits per heavy atom. The maximum Gasteiger partial charge on any atom is 0.0397 e. The van der Waals surface area contributed by atoms with Crippen LogP contribution in [0.1, 0.15) is 24.0 Å². The topological polar surface area (TPSA) is 26.0 Å². The zero-order chi connectivity index (χ0) is 7.68. The average molecular weight is 146 g/mol. The lowest BCUT2D eigenvalue weighted by Gasteiger charge is -2.14. The van der Waals surface area contributed by atoms with E-state index < -0.39 is 0 Å². The third-order valence-corrected chi connectivity index (χ3v) is 2.27. The lowest BCUT2D eigenvalue weighted by atomic mass is 9.91. The van der Waals surface area contributed by atoms with Crippen molar-refractivity contribution in [2.75, 3.05) is 5.73 Å². The van der Waals surface area contributed by atoms with Crippen molar-refractivity contribution in [2.45, 2.75) is 25.7 Å². The summed E-state index contributed by atoms with van der Waals surface area (Å²) in [5, 5.41) is 0. The van der Waals surface area contributed by atoms with Crippen LogP contribution in [-0.4, -0.2) is 0 Å². The molecule has 0 atom stereocenters. The molecule has 0 fully saturated rings. The van der Waals surface area contributed by atoms with Gasteiger partial charge in [-0.05, 0) is 42.9 Å². The Kier molecular flexibility index (Phi) is 1.57. The van der Waals surface area contributed by atoms with Crippen molar-refractivity contribution in [3.05, 3.63) is 29.3 Å². The third kappa shape index (κ3) is 1.23. The highest BCUT2D eigenvalue weighted by Crippen LogP contribution is 2.21. The second-order valence-corrected chi connectivity index (χ2v) is 3.12. The van der Waals surface area contributed by atoms with Crippen LogP contribution in [0, 0.1) is 6.07 Å². The van der Waals surface area contributed by atoms with Crippen LogP contribution in [-0.2, 0) is 12.8 Å². The van der Waals surface area contributed by atoms with E-state index in [1.807, 2.05) is 6.07 Å². The number of hydrogen-bond acceptors (Lipinski definition) is 1. The van der Waals surface area contributed by atoms with Crippen LogP contribution in [0.3, 0.4) is 0 Å². The molecule has 1 aromatic carbocycles. The van der Waals surface area contributed by atoms with Crippen molar-refractivity contribution in [2.24, 2.45) is 0 Å². The first-order chi connectivity index (χ1) is 5.36. The molecule has 0 spiro atoms. The Hall–Kier alpha value is -0.980. The molecule has 57 valence electrons. The molecule has 1 aromatic rings. The number of rotatable bonds is 0. The maximum absolute atomic E-state index is 5.63. The van der Waals surface area contributed by atoms with Crippen LogP contribution in [0.15, 0.2) is 12.1 Å². The third-order valence-electron chi connectivity index (χ3n) is 2.27. The van der Waals surface area contributed by atoms with E-state index in [0.29, 0.717) is 0 Å². The quantitative estimate of drug-likeness (QED) is 0.556. The van der Waals surface area contributed by atoms with Crippen LogP contribution < -0.4 is 5.73 Å². The van der Waals surface area contributed by atoms with Gasteiger partial charge in [-0.1, -0.05) is 6.07 Å². The van der Waals surface area contributed by atoms with E-state index in [9.17, 15) is 0 Å². The molecule has 0 unspecified atom stereocenters. The molecule has 11 heavy (non-hydrogen) atoms. The number of anilines is 1. The summed E-state index contributed by atoms with van der Waals surface area (Å²) < 4.78 is 0. The summed E-state index contributed by atoms with van der Waals surface area (Å²) in [5.74, 6) is 0. The summed E-state index contributed by atoms with van der Waals surface area (Å²) in [6.45, 7) is 0. The van der Waals surface area contributed by atoms with Crippen molar-refractivity contribution in [3.63, 3.8) is 0 Å². The fourth-order valence-corrected chi connectivity index (χ4v) is 1.66. The van der Waals surface area contributed by atoms with Gasteiger partial charge in [0.2, 0.25) is 0 Å². The summed E-state index contributed by atoms with van der Waals surface area (Å²) in [4.78, 5) is 0. The molecular formula is C10H12N. The number of fused-ring (bicyclic) bond motifs is 1. The first-order valence-electron chi connectivity index (χ1n) is 4.16. The number of benzene rings is 1. The van der Waals surface area contributed by atoms with Gasteiger partial charge in [-0.3, -0.25) is 0 Å². The van der Waals surface area contributed by atoms with Crippen molar-refractivity contribution in [1.82, 2.24) is 0 Å². The molecule has 1 radical (unpaired) electrons. The first kappa shape index (κ1) is 6.71. The molecule has 1 nitrogen and oxygen atoms in total. The fraction of sp³-hybridized carbons (Fsp3) is 0.400. The Labute approximate surface area is 67.2 Å². The summed E-state index contributed by atoms with van der Waals surface area (Å²) in [6, 6.07) is 7.29. The summed E-state index contributed by atoms with van der Waals surface area (Å²) in [7, 11) is 0. The predicted molar refractivity (Wildman–Crippen MR) is 46.3 cm³/mol. The van der Waals surface area contributed by atoms with E-state index in [2.05, 4.69) is 12.1 Å². The Bertz CT molecular complexity index is 266. The van der Waals surface area contributed by atoms with Gasteiger partial charge in [0, 0.05) is 11.8 Å². The molecule has 0 heterocycles. The van der Waals surface area contributed by atoms with Crippen molar-refractivity contribution in [1.29, 1.82) is 0 Å². The van der Waals surface area contributed by atoms with Gasteiger partial charge in [0.15, 0.2) is 0 Å². The van der Waals surface area contributed by atoms with Crippen molar-refractivity contribution < 1.29 is 0 Å². The van der Waals surface area contributed by atoms with E-state index in [-0.39, 0.29) is 0 Å². The maximum atomic E-state index is 5.63. The van der Waals surface area contributed by atoms with Gasteiger partial charge in [-0.2, -0.15) is 0 Å². The normalized spacial score (nSPS) is 16.0. The van der Waals surface area contributed by atoms with E-state index in [4.69, 9.17) is 5.73 Å².